The van der Waals surface area contributed by atoms with Gasteiger partial charge in [-0.2, -0.15) is 0 Å². The van der Waals surface area contributed by atoms with Crippen LogP contribution in [0.25, 0.3) is 0 Å². The summed E-state index contributed by atoms with van der Waals surface area (Å²) in [6.07, 6.45) is 1.83. The smallest absolute Gasteiger partial charge is 0.0393 e. The Morgan fingerprint density at radius 3 is 2.83 bits per heavy atom. The van der Waals surface area contributed by atoms with Gasteiger partial charge in [-0.25, -0.2) is 0 Å². The Hall–Kier alpha value is -1.05. The molecule has 0 aliphatic carbocycles. The van der Waals surface area contributed by atoms with E-state index in [1.807, 2.05) is 19.2 Å². The van der Waals surface area contributed by atoms with Crippen molar-refractivity contribution < 1.29 is 0 Å². The average Bonchev–Trinajstić information content (AvgIpc) is 2.01. The number of hydrogen-bond acceptors (Lipinski definition) is 2. The Balaban J connectivity index is 2.52. The fourth-order valence-corrected chi connectivity index (χ4v) is 0.977. The standard InChI is InChI=1S/C10H16N2/c1-8(2)7-12-10-4-5-11-9(3)6-10/h4-6,8H,7H2,1-3H3,(H,11,12). The summed E-state index contributed by atoms with van der Waals surface area (Å²) in [7, 11) is 0. The van der Waals surface area contributed by atoms with E-state index in [-0.39, 0.29) is 0 Å². The van der Waals surface area contributed by atoms with Crippen molar-refractivity contribution in [2.45, 2.75) is 20.8 Å². The molecule has 0 spiro atoms. The van der Waals surface area contributed by atoms with Crippen molar-refractivity contribution in [2.24, 2.45) is 5.92 Å². The van der Waals surface area contributed by atoms with Crippen LogP contribution in [0.3, 0.4) is 0 Å². The molecule has 0 unspecified atom stereocenters. The van der Waals surface area contributed by atoms with Gasteiger partial charge in [-0.3, -0.25) is 4.98 Å². The summed E-state index contributed by atoms with van der Waals surface area (Å²) in [6, 6.07) is 4.05. The average molecular weight is 164 g/mol. The molecule has 1 aromatic rings. The number of nitrogens with zero attached hydrogens (tertiary/aromatic N) is 1. The zero-order valence-electron chi connectivity index (χ0n) is 7.96. The van der Waals surface area contributed by atoms with Gasteiger partial charge in [-0.1, -0.05) is 13.8 Å². The molecule has 0 aliphatic heterocycles. The van der Waals surface area contributed by atoms with Crippen molar-refractivity contribution in [3.05, 3.63) is 24.0 Å². The maximum absolute atomic E-state index is 4.13. The van der Waals surface area contributed by atoms with Gasteiger partial charge in [0.2, 0.25) is 0 Å². The summed E-state index contributed by atoms with van der Waals surface area (Å²) in [5.41, 5.74) is 2.22. The van der Waals surface area contributed by atoms with Gasteiger partial charge in [-0.15, -0.1) is 0 Å². The maximum atomic E-state index is 4.13. The van der Waals surface area contributed by atoms with Crippen molar-refractivity contribution in [3.8, 4) is 0 Å². The molecule has 0 fully saturated rings. The first kappa shape index (κ1) is 9.04. The molecule has 0 aliphatic rings. The molecule has 1 heterocycles. The van der Waals surface area contributed by atoms with Crippen LogP contribution in [0.5, 0.6) is 0 Å². The molecule has 0 radical (unpaired) electrons. The number of pyridine rings is 1. The lowest BCUT2D eigenvalue weighted by atomic mass is 10.2. The summed E-state index contributed by atoms with van der Waals surface area (Å²) in [6.45, 7) is 7.41. The molecule has 0 atom stereocenters. The van der Waals surface area contributed by atoms with Crippen molar-refractivity contribution in [3.63, 3.8) is 0 Å². The number of rotatable bonds is 3. The Morgan fingerprint density at radius 1 is 1.50 bits per heavy atom. The van der Waals surface area contributed by atoms with Gasteiger partial charge in [0.1, 0.15) is 0 Å². The third-order valence-corrected chi connectivity index (χ3v) is 1.61. The highest BCUT2D eigenvalue weighted by Crippen LogP contribution is 2.07. The first-order valence-electron chi connectivity index (χ1n) is 4.35. The quantitative estimate of drug-likeness (QED) is 0.742. The largest absolute Gasteiger partial charge is 0.385 e. The number of hydrogen-bond donors (Lipinski definition) is 1. The molecular weight excluding hydrogens is 148 g/mol. The molecule has 2 heteroatoms. The molecule has 1 N–H and O–H groups in total. The van der Waals surface area contributed by atoms with Crippen LogP contribution in [0.4, 0.5) is 5.69 Å². The van der Waals surface area contributed by atoms with E-state index < -0.39 is 0 Å². The highest BCUT2D eigenvalue weighted by Gasteiger charge is 1.94. The first-order chi connectivity index (χ1) is 5.68. The minimum atomic E-state index is 0.679. The van der Waals surface area contributed by atoms with E-state index in [2.05, 4.69) is 30.2 Å². The lowest BCUT2D eigenvalue weighted by Crippen LogP contribution is -2.07. The topological polar surface area (TPSA) is 24.9 Å². The number of aromatic nitrogens is 1. The van der Waals surface area contributed by atoms with Crippen molar-refractivity contribution >= 4 is 5.69 Å². The van der Waals surface area contributed by atoms with E-state index in [1.54, 1.807) is 0 Å². The minimum absolute atomic E-state index is 0.679. The van der Waals surface area contributed by atoms with Crippen molar-refractivity contribution in [2.75, 3.05) is 11.9 Å². The predicted molar refractivity (Wildman–Crippen MR) is 52.3 cm³/mol. The van der Waals surface area contributed by atoms with Gasteiger partial charge in [0.05, 0.1) is 0 Å². The highest BCUT2D eigenvalue weighted by molar-refractivity contribution is 5.42. The van der Waals surface area contributed by atoms with Gasteiger partial charge in [0.15, 0.2) is 0 Å². The molecule has 0 bridgehead atoms. The minimum Gasteiger partial charge on any atom is -0.385 e. The zero-order valence-corrected chi connectivity index (χ0v) is 7.96. The summed E-state index contributed by atoms with van der Waals surface area (Å²) in [5.74, 6) is 0.679. The molecule has 0 saturated carbocycles. The molecule has 12 heavy (non-hydrogen) atoms. The van der Waals surface area contributed by atoms with Crippen LogP contribution in [-0.4, -0.2) is 11.5 Å². The van der Waals surface area contributed by atoms with Gasteiger partial charge in [-0.05, 0) is 25.0 Å². The SMILES string of the molecule is Cc1cc(NCC(C)C)ccn1. The van der Waals surface area contributed by atoms with Crippen LogP contribution in [-0.2, 0) is 0 Å². The molecule has 2 nitrogen and oxygen atoms in total. The molecule has 0 amide bonds. The second-order valence-corrected chi connectivity index (χ2v) is 3.46. The monoisotopic (exact) mass is 164 g/mol. The van der Waals surface area contributed by atoms with Gasteiger partial charge in [0, 0.05) is 24.1 Å². The molecule has 0 saturated heterocycles. The van der Waals surface area contributed by atoms with E-state index in [0.717, 1.165) is 17.9 Å². The van der Waals surface area contributed by atoms with Gasteiger partial charge in [0.25, 0.3) is 0 Å². The predicted octanol–water partition coefficient (Wildman–Crippen LogP) is 2.46. The Labute approximate surface area is 74.0 Å². The normalized spacial score (nSPS) is 10.3. The third-order valence-electron chi connectivity index (χ3n) is 1.61. The number of nitrogens with one attached hydrogen (secondary N) is 1. The number of anilines is 1. The number of aryl methyl sites for hydroxylation is 1. The second-order valence-electron chi connectivity index (χ2n) is 3.46. The fraction of sp³-hybridized carbons (Fsp3) is 0.500. The van der Waals surface area contributed by atoms with Crippen LogP contribution in [0.2, 0.25) is 0 Å². The lowest BCUT2D eigenvalue weighted by molar-refractivity contribution is 0.689. The Bertz CT molecular complexity index is 243. The Kier molecular flexibility index (Phi) is 3.09. The maximum Gasteiger partial charge on any atom is 0.0393 e. The molecule has 0 aromatic carbocycles. The molecule has 1 aromatic heterocycles. The molecule has 66 valence electrons. The molecule has 1 rings (SSSR count). The third kappa shape index (κ3) is 2.91. The van der Waals surface area contributed by atoms with E-state index in [1.165, 1.54) is 0 Å². The van der Waals surface area contributed by atoms with E-state index in [4.69, 9.17) is 0 Å². The zero-order chi connectivity index (χ0) is 8.97. The fourth-order valence-electron chi connectivity index (χ4n) is 0.977. The van der Waals surface area contributed by atoms with Gasteiger partial charge >= 0.3 is 0 Å². The summed E-state index contributed by atoms with van der Waals surface area (Å²) in [4.78, 5) is 4.13. The summed E-state index contributed by atoms with van der Waals surface area (Å²) >= 11 is 0. The highest BCUT2D eigenvalue weighted by atomic mass is 14.9. The van der Waals surface area contributed by atoms with Crippen LogP contribution in [0.15, 0.2) is 18.3 Å². The van der Waals surface area contributed by atoms with E-state index in [9.17, 15) is 0 Å². The van der Waals surface area contributed by atoms with Crippen LogP contribution >= 0.6 is 0 Å². The van der Waals surface area contributed by atoms with Crippen LogP contribution < -0.4 is 5.32 Å². The summed E-state index contributed by atoms with van der Waals surface area (Å²) in [5, 5.41) is 3.34. The second kappa shape index (κ2) is 4.10. The van der Waals surface area contributed by atoms with E-state index in [0.29, 0.717) is 5.92 Å². The van der Waals surface area contributed by atoms with Gasteiger partial charge < -0.3 is 5.32 Å². The lowest BCUT2D eigenvalue weighted by Gasteiger charge is -2.08. The van der Waals surface area contributed by atoms with Crippen LogP contribution in [0.1, 0.15) is 19.5 Å². The van der Waals surface area contributed by atoms with Crippen LogP contribution in [0, 0.1) is 12.8 Å². The van der Waals surface area contributed by atoms with Crippen molar-refractivity contribution in [1.82, 2.24) is 4.98 Å². The first-order valence-corrected chi connectivity index (χ1v) is 4.35. The Morgan fingerprint density at radius 2 is 2.25 bits per heavy atom. The van der Waals surface area contributed by atoms with E-state index >= 15 is 0 Å². The summed E-state index contributed by atoms with van der Waals surface area (Å²) < 4.78 is 0. The molecular formula is C10H16N2. The van der Waals surface area contributed by atoms with Crippen molar-refractivity contribution in [1.29, 1.82) is 0 Å².